The van der Waals surface area contributed by atoms with Crippen molar-refractivity contribution in [2.75, 3.05) is 32.4 Å². The van der Waals surface area contributed by atoms with Gasteiger partial charge in [-0.1, -0.05) is 22.0 Å². The second kappa shape index (κ2) is 6.39. The molecule has 19 heavy (non-hydrogen) atoms. The molecule has 2 rings (SSSR count). The lowest BCUT2D eigenvalue weighted by molar-refractivity contribution is -0.131. The Bertz CT molecular complexity index is 458. The standard InChI is InChI=1S/C14H20BrN3O/c1-17(10-14(19)18-6-2-3-7-18)9-11-4-5-12(15)8-13(11)16/h4-5,8H,2-3,6-7,9-10,16H2,1H3. The van der Waals surface area contributed by atoms with Crippen LogP contribution in [0.2, 0.25) is 0 Å². The van der Waals surface area contributed by atoms with Crippen molar-refractivity contribution in [3.63, 3.8) is 0 Å². The van der Waals surface area contributed by atoms with E-state index < -0.39 is 0 Å². The van der Waals surface area contributed by atoms with E-state index in [1.54, 1.807) is 0 Å². The fourth-order valence-electron chi connectivity index (χ4n) is 2.35. The molecule has 1 saturated heterocycles. The number of likely N-dealkylation sites (N-methyl/N-ethyl adjacent to an activating group) is 1. The van der Waals surface area contributed by atoms with Crippen molar-refractivity contribution in [3.8, 4) is 0 Å². The summed E-state index contributed by atoms with van der Waals surface area (Å²) in [6.07, 6.45) is 2.27. The number of amides is 1. The molecule has 1 heterocycles. The zero-order valence-electron chi connectivity index (χ0n) is 11.2. The predicted octanol–water partition coefficient (Wildman–Crippen LogP) is 2.09. The molecule has 1 aliphatic heterocycles. The van der Waals surface area contributed by atoms with Crippen LogP contribution in [-0.4, -0.2) is 42.4 Å². The van der Waals surface area contributed by atoms with Crippen molar-refractivity contribution in [2.24, 2.45) is 0 Å². The second-order valence-electron chi connectivity index (χ2n) is 5.10. The lowest BCUT2D eigenvalue weighted by Crippen LogP contribution is -2.37. The monoisotopic (exact) mass is 325 g/mol. The van der Waals surface area contributed by atoms with Crippen LogP contribution in [0.25, 0.3) is 0 Å². The summed E-state index contributed by atoms with van der Waals surface area (Å²) in [5.41, 5.74) is 7.79. The largest absolute Gasteiger partial charge is 0.398 e. The van der Waals surface area contributed by atoms with E-state index in [0.717, 1.165) is 41.7 Å². The number of hydrogen-bond acceptors (Lipinski definition) is 3. The second-order valence-corrected chi connectivity index (χ2v) is 6.02. The van der Waals surface area contributed by atoms with Crippen LogP contribution in [0, 0.1) is 0 Å². The number of likely N-dealkylation sites (tertiary alicyclic amines) is 1. The molecule has 104 valence electrons. The van der Waals surface area contributed by atoms with E-state index in [1.807, 2.05) is 35.0 Å². The molecule has 0 bridgehead atoms. The normalized spacial score (nSPS) is 15.2. The van der Waals surface area contributed by atoms with Gasteiger partial charge in [0, 0.05) is 29.8 Å². The molecule has 2 N–H and O–H groups in total. The minimum Gasteiger partial charge on any atom is -0.398 e. The van der Waals surface area contributed by atoms with Crippen LogP contribution in [0.1, 0.15) is 18.4 Å². The molecule has 0 radical (unpaired) electrons. The van der Waals surface area contributed by atoms with Crippen LogP contribution in [0.15, 0.2) is 22.7 Å². The van der Waals surface area contributed by atoms with E-state index in [2.05, 4.69) is 15.9 Å². The average molecular weight is 326 g/mol. The molecule has 1 aromatic rings. The molecule has 4 nitrogen and oxygen atoms in total. The first-order chi connectivity index (χ1) is 9.06. The highest BCUT2D eigenvalue weighted by Crippen LogP contribution is 2.19. The van der Waals surface area contributed by atoms with E-state index in [4.69, 9.17) is 5.73 Å². The van der Waals surface area contributed by atoms with Gasteiger partial charge < -0.3 is 10.6 Å². The van der Waals surface area contributed by atoms with Crippen molar-refractivity contribution < 1.29 is 4.79 Å². The summed E-state index contributed by atoms with van der Waals surface area (Å²) in [6.45, 7) is 2.97. The molecule has 1 fully saturated rings. The Balaban J connectivity index is 1.89. The summed E-state index contributed by atoms with van der Waals surface area (Å²) >= 11 is 3.39. The van der Waals surface area contributed by atoms with Gasteiger partial charge in [0.05, 0.1) is 6.54 Å². The van der Waals surface area contributed by atoms with Gasteiger partial charge in [0.25, 0.3) is 0 Å². The Morgan fingerprint density at radius 2 is 2.11 bits per heavy atom. The van der Waals surface area contributed by atoms with Crippen LogP contribution < -0.4 is 5.73 Å². The van der Waals surface area contributed by atoms with Crippen molar-refractivity contribution in [1.29, 1.82) is 0 Å². The van der Waals surface area contributed by atoms with Gasteiger partial charge in [-0.2, -0.15) is 0 Å². The third kappa shape index (κ3) is 3.94. The SMILES string of the molecule is CN(CC(=O)N1CCCC1)Cc1ccc(Br)cc1N. The summed E-state index contributed by atoms with van der Waals surface area (Å²) in [6, 6.07) is 5.86. The van der Waals surface area contributed by atoms with E-state index in [9.17, 15) is 4.79 Å². The summed E-state index contributed by atoms with van der Waals surface area (Å²) in [4.78, 5) is 16.0. The molecular formula is C14H20BrN3O. The molecular weight excluding hydrogens is 306 g/mol. The minimum atomic E-state index is 0.218. The number of nitrogen functional groups attached to an aromatic ring is 1. The molecule has 0 spiro atoms. The summed E-state index contributed by atoms with van der Waals surface area (Å²) < 4.78 is 0.976. The van der Waals surface area contributed by atoms with Crippen molar-refractivity contribution in [1.82, 2.24) is 9.80 Å². The fourth-order valence-corrected chi connectivity index (χ4v) is 2.73. The van der Waals surface area contributed by atoms with Crippen LogP contribution in [-0.2, 0) is 11.3 Å². The molecule has 0 aromatic heterocycles. The number of hydrogen-bond donors (Lipinski definition) is 1. The molecule has 5 heteroatoms. The summed E-state index contributed by atoms with van der Waals surface area (Å²) in [5, 5.41) is 0. The first-order valence-electron chi connectivity index (χ1n) is 6.56. The van der Waals surface area contributed by atoms with Crippen LogP contribution >= 0.6 is 15.9 Å². The zero-order valence-corrected chi connectivity index (χ0v) is 12.8. The van der Waals surface area contributed by atoms with E-state index in [-0.39, 0.29) is 5.91 Å². The predicted molar refractivity (Wildman–Crippen MR) is 80.7 cm³/mol. The Morgan fingerprint density at radius 1 is 1.42 bits per heavy atom. The van der Waals surface area contributed by atoms with E-state index in [1.165, 1.54) is 0 Å². The Labute approximate surface area is 122 Å². The van der Waals surface area contributed by atoms with Gasteiger partial charge in [0.1, 0.15) is 0 Å². The number of benzene rings is 1. The van der Waals surface area contributed by atoms with Gasteiger partial charge in [-0.25, -0.2) is 0 Å². The summed E-state index contributed by atoms with van der Waals surface area (Å²) in [7, 11) is 1.95. The van der Waals surface area contributed by atoms with E-state index in [0.29, 0.717) is 13.1 Å². The van der Waals surface area contributed by atoms with Gasteiger partial charge in [0.2, 0.25) is 5.91 Å². The highest BCUT2D eigenvalue weighted by atomic mass is 79.9. The first-order valence-corrected chi connectivity index (χ1v) is 7.36. The third-order valence-electron chi connectivity index (χ3n) is 3.41. The lowest BCUT2D eigenvalue weighted by atomic mass is 10.2. The zero-order chi connectivity index (χ0) is 13.8. The highest BCUT2D eigenvalue weighted by Gasteiger charge is 2.19. The molecule has 0 aliphatic carbocycles. The number of halogens is 1. The van der Waals surface area contributed by atoms with Crippen LogP contribution in [0.4, 0.5) is 5.69 Å². The Kier molecular flexibility index (Phi) is 4.82. The Morgan fingerprint density at radius 3 is 2.74 bits per heavy atom. The van der Waals surface area contributed by atoms with Crippen molar-refractivity contribution >= 4 is 27.5 Å². The number of anilines is 1. The summed E-state index contributed by atoms with van der Waals surface area (Å²) in [5.74, 6) is 0.218. The molecule has 1 aliphatic rings. The van der Waals surface area contributed by atoms with Gasteiger partial charge in [-0.05, 0) is 37.6 Å². The number of carbonyl (C=O) groups excluding carboxylic acids is 1. The molecule has 0 saturated carbocycles. The minimum absolute atomic E-state index is 0.218. The number of carbonyl (C=O) groups is 1. The first kappa shape index (κ1) is 14.3. The molecule has 1 aromatic carbocycles. The molecule has 0 unspecified atom stereocenters. The van der Waals surface area contributed by atoms with Gasteiger partial charge in [-0.3, -0.25) is 9.69 Å². The molecule has 1 amide bonds. The fraction of sp³-hybridized carbons (Fsp3) is 0.500. The molecule has 0 atom stereocenters. The van der Waals surface area contributed by atoms with Crippen molar-refractivity contribution in [3.05, 3.63) is 28.2 Å². The number of nitrogens with two attached hydrogens (primary N) is 1. The van der Waals surface area contributed by atoms with Gasteiger partial charge in [-0.15, -0.1) is 0 Å². The highest BCUT2D eigenvalue weighted by molar-refractivity contribution is 9.10. The van der Waals surface area contributed by atoms with Crippen LogP contribution in [0.5, 0.6) is 0 Å². The maximum absolute atomic E-state index is 12.0. The Hall–Kier alpha value is -1.07. The maximum atomic E-state index is 12.0. The van der Waals surface area contributed by atoms with Gasteiger partial charge in [0.15, 0.2) is 0 Å². The number of nitrogens with zero attached hydrogens (tertiary/aromatic N) is 2. The number of rotatable bonds is 4. The average Bonchev–Trinajstić information content (AvgIpc) is 2.86. The van der Waals surface area contributed by atoms with Crippen molar-refractivity contribution in [2.45, 2.75) is 19.4 Å². The third-order valence-corrected chi connectivity index (χ3v) is 3.91. The lowest BCUT2D eigenvalue weighted by Gasteiger charge is -2.21. The quantitative estimate of drug-likeness (QED) is 0.862. The topological polar surface area (TPSA) is 49.6 Å². The van der Waals surface area contributed by atoms with Crippen LogP contribution in [0.3, 0.4) is 0 Å². The van der Waals surface area contributed by atoms with Gasteiger partial charge >= 0.3 is 0 Å². The van der Waals surface area contributed by atoms with E-state index >= 15 is 0 Å². The maximum Gasteiger partial charge on any atom is 0.236 e. The smallest absolute Gasteiger partial charge is 0.236 e.